The minimum atomic E-state index is 0. The van der Waals surface area contributed by atoms with Gasteiger partial charge in [0.15, 0.2) is 0 Å². The van der Waals surface area contributed by atoms with Crippen LogP contribution in [0, 0.1) is 19.9 Å². The van der Waals surface area contributed by atoms with Crippen molar-refractivity contribution in [1.82, 2.24) is 0 Å². The van der Waals surface area contributed by atoms with Crippen molar-refractivity contribution in [2.24, 2.45) is 0 Å². The van der Waals surface area contributed by atoms with E-state index in [1.807, 2.05) is 32.0 Å². The van der Waals surface area contributed by atoms with E-state index in [9.17, 15) is 0 Å². The van der Waals surface area contributed by atoms with E-state index in [2.05, 4.69) is 6.07 Å². The van der Waals surface area contributed by atoms with E-state index < -0.39 is 0 Å². The standard InChI is InChI=1S/C8H9.3ClH.V/c1-7-4-3-5-8(2)6-7;;;;/h3-5H,1-2H3;3*1H;/q-1;;;;. The maximum Gasteiger partial charge on any atom is 0 e. The van der Waals surface area contributed by atoms with Crippen LogP contribution in [0.3, 0.4) is 0 Å². The Morgan fingerprint density at radius 2 is 1.25 bits per heavy atom. The number of aryl methyl sites for hydroxylation is 2. The topological polar surface area (TPSA) is 0 Å². The first-order valence-corrected chi connectivity index (χ1v) is 2.74. The number of benzene rings is 1. The van der Waals surface area contributed by atoms with Crippen LogP contribution < -0.4 is 0 Å². The summed E-state index contributed by atoms with van der Waals surface area (Å²) in [5.41, 5.74) is 2.43. The van der Waals surface area contributed by atoms with E-state index in [0.717, 1.165) is 0 Å². The average molecular weight is 265 g/mol. The van der Waals surface area contributed by atoms with Crippen molar-refractivity contribution >= 4 is 37.2 Å². The Bertz CT molecular complexity index is 174. The van der Waals surface area contributed by atoms with Gasteiger partial charge in [-0.15, -0.1) is 37.2 Å². The molecule has 1 radical (unpaired) electrons. The minimum absolute atomic E-state index is 0. The molecule has 1 aromatic carbocycles. The first kappa shape index (κ1) is 23.0. The third kappa shape index (κ3) is 8.77. The molecule has 0 aromatic heterocycles. The molecular weight excluding hydrogens is 253 g/mol. The van der Waals surface area contributed by atoms with Gasteiger partial charge in [-0.05, 0) is 0 Å². The summed E-state index contributed by atoms with van der Waals surface area (Å²) in [6.07, 6.45) is 0. The molecule has 0 amide bonds. The molecule has 0 N–H and O–H groups in total. The van der Waals surface area contributed by atoms with Gasteiger partial charge in [0, 0.05) is 18.6 Å². The summed E-state index contributed by atoms with van der Waals surface area (Å²) in [4.78, 5) is 0. The number of halogens is 3. The van der Waals surface area contributed by atoms with E-state index in [4.69, 9.17) is 0 Å². The maximum absolute atomic E-state index is 3.17. The molecule has 0 bridgehead atoms. The Labute approximate surface area is 105 Å². The van der Waals surface area contributed by atoms with Crippen molar-refractivity contribution in [2.45, 2.75) is 13.8 Å². The Hall–Kier alpha value is 0.674. The summed E-state index contributed by atoms with van der Waals surface area (Å²) < 4.78 is 0. The normalized spacial score (nSPS) is 6.17. The van der Waals surface area contributed by atoms with E-state index in [1.165, 1.54) is 11.1 Å². The third-order valence-corrected chi connectivity index (χ3v) is 1.09. The largest absolute Gasteiger partial charge is 0.177 e. The Balaban J connectivity index is -0.0000000800. The third-order valence-electron chi connectivity index (χ3n) is 1.09. The predicted octanol–water partition coefficient (Wildman–Crippen LogP) is 3.37. The van der Waals surface area contributed by atoms with Gasteiger partial charge in [0.25, 0.3) is 0 Å². The van der Waals surface area contributed by atoms with Crippen LogP contribution in [0.4, 0.5) is 0 Å². The number of hydrogen-bond donors (Lipinski definition) is 0. The van der Waals surface area contributed by atoms with Gasteiger partial charge in [-0.2, -0.15) is 35.4 Å². The summed E-state index contributed by atoms with van der Waals surface area (Å²) in [7, 11) is 0. The van der Waals surface area contributed by atoms with Crippen LogP contribution in [-0.2, 0) is 18.6 Å². The predicted molar refractivity (Wildman–Crippen MR) is 56.5 cm³/mol. The molecule has 0 nitrogen and oxygen atoms in total. The van der Waals surface area contributed by atoms with E-state index in [0.29, 0.717) is 0 Å². The van der Waals surface area contributed by atoms with Crippen LogP contribution >= 0.6 is 37.2 Å². The smallest absolute Gasteiger partial charge is 0 e. The molecule has 0 saturated carbocycles. The quantitative estimate of drug-likeness (QED) is 0.631. The summed E-state index contributed by atoms with van der Waals surface area (Å²) in [6.45, 7) is 4.10. The van der Waals surface area contributed by atoms with Gasteiger partial charge in [-0.3, -0.25) is 0 Å². The Morgan fingerprint density at radius 3 is 1.42 bits per heavy atom. The Morgan fingerprint density at radius 1 is 0.917 bits per heavy atom. The number of hydrogen-bond acceptors (Lipinski definition) is 0. The molecule has 0 aliphatic carbocycles. The van der Waals surface area contributed by atoms with Crippen molar-refractivity contribution in [3.63, 3.8) is 0 Å². The summed E-state index contributed by atoms with van der Waals surface area (Å²) in [5, 5.41) is 0. The summed E-state index contributed by atoms with van der Waals surface area (Å²) in [5.74, 6) is 0. The van der Waals surface area contributed by atoms with Crippen LogP contribution in [0.15, 0.2) is 18.2 Å². The zero-order valence-electron chi connectivity index (χ0n) is 6.90. The molecule has 0 aliphatic rings. The molecule has 1 aromatic rings. The molecule has 0 saturated heterocycles. The van der Waals surface area contributed by atoms with Crippen LogP contribution in [0.1, 0.15) is 11.1 Å². The molecule has 0 spiro atoms. The van der Waals surface area contributed by atoms with Crippen molar-refractivity contribution in [1.29, 1.82) is 0 Å². The summed E-state index contributed by atoms with van der Waals surface area (Å²) >= 11 is 0. The van der Waals surface area contributed by atoms with Gasteiger partial charge in [-0.25, -0.2) is 0 Å². The monoisotopic (exact) mass is 264 g/mol. The zero-order valence-corrected chi connectivity index (χ0v) is 10.8. The molecule has 0 aliphatic heterocycles. The maximum atomic E-state index is 3.17. The molecule has 1 rings (SSSR count). The van der Waals surface area contributed by atoms with E-state index in [1.54, 1.807) is 0 Å². The molecule has 0 unspecified atom stereocenters. The van der Waals surface area contributed by atoms with Crippen LogP contribution in [0.5, 0.6) is 0 Å². The van der Waals surface area contributed by atoms with Crippen LogP contribution in [0.25, 0.3) is 0 Å². The fraction of sp³-hybridized carbons (Fsp3) is 0.250. The van der Waals surface area contributed by atoms with Gasteiger partial charge >= 0.3 is 0 Å². The van der Waals surface area contributed by atoms with Gasteiger partial charge < -0.3 is 0 Å². The minimum Gasteiger partial charge on any atom is -0.177 e. The van der Waals surface area contributed by atoms with Crippen molar-refractivity contribution in [2.75, 3.05) is 0 Å². The Kier molecular flexibility index (Phi) is 22.3. The molecule has 0 fully saturated rings. The molecule has 12 heavy (non-hydrogen) atoms. The first-order valence-electron chi connectivity index (χ1n) is 2.74. The van der Waals surface area contributed by atoms with E-state index >= 15 is 0 Å². The first-order chi connectivity index (χ1) is 3.79. The zero-order chi connectivity index (χ0) is 5.98. The second-order valence-electron chi connectivity index (χ2n) is 2.02. The molecular formula is C8H12Cl3V-. The fourth-order valence-corrected chi connectivity index (χ4v) is 0.731. The van der Waals surface area contributed by atoms with Crippen LogP contribution in [-0.4, -0.2) is 0 Å². The van der Waals surface area contributed by atoms with Crippen molar-refractivity contribution < 1.29 is 18.6 Å². The molecule has 4 heteroatoms. The second kappa shape index (κ2) is 11.7. The SMILES string of the molecule is Cc1[c-]c(C)ccc1.Cl.Cl.Cl.[V]. The van der Waals surface area contributed by atoms with Gasteiger partial charge in [-0.1, -0.05) is 13.8 Å². The van der Waals surface area contributed by atoms with Crippen molar-refractivity contribution in [3.05, 3.63) is 35.4 Å². The van der Waals surface area contributed by atoms with Crippen LogP contribution in [0.2, 0.25) is 0 Å². The van der Waals surface area contributed by atoms with E-state index in [-0.39, 0.29) is 55.8 Å². The molecule has 0 heterocycles. The van der Waals surface area contributed by atoms with Gasteiger partial charge in [0.05, 0.1) is 0 Å². The molecule has 71 valence electrons. The number of rotatable bonds is 0. The average Bonchev–Trinajstić information content (AvgIpc) is 1.64. The fourth-order valence-electron chi connectivity index (χ4n) is 0.731. The van der Waals surface area contributed by atoms with Gasteiger partial charge in [0.2, 0.25) is 0 Å². The second-order valence-corrected chi connectivity index (χ2v) is 2.02. The molecule has 0 atom stereocenters. The summed E-state index contributed by atoms with van der Waals surface area (Å²) in [6, 6.07) is 9.31. The van der Waals surface area contributed by atoms with Crippen molar-refractivity contribution in [3.8, 4) is 0 Å². The van der Waals surface area contributed by atoms with Gasteiger partial charge in [0.1, 0.15) is 0 Å².